The summed E-state index contributed by atoms with van der Waals surface area (Å²) in [5, 5.41) is 3.44. The molecular formula is C18H32IN5. The zero-order valence-electron chi connectivity index (χ0n) is 16.1. The molecule has 0 aromatic carbocycles. The van der Waals surface area contributed by atoms with Crippen LogP contribution in [0.5, 0.6) is 0 Å². The van der Waals surface area contributed by atoms with Gasteiger partial charge in [-0.05, 0) is 38.5 Å². The topological polar surface area (TPSA) is 43.8 Å². The lowest BCUT2D eigenvalue weighted by molar-refractivity contribution is -0.0667. The fourth-order valence-corrected chi connectivity index (χ4v) is 2.76. The minimum atomic E-state index is 0. The molecule has 0 amide bonds. The van der Waals surface area contributed by atoms with E-state index in [1.165, 1.54) is 5.56 Å². The molecule has 0 saturated carbocycles. The first-order valence-electron chi connectivity index (χ1n) is 8.37. The lowest BCUT2D eigenvalue weighted by Crippen LogP contribution is -2.72. The third kappa shape index (κ3) is 4.13. The molecular weight excluding hydrogens is 413 g/mol. The van der Waals surface area contributed by atoms with Crippen molar-refractivity contribution < 1.29 is 0 Å². The van der Waals surface area contributed by atoms with Crippen molar-refractivity contribution in [3.05, 3.63) is 23.9 Å². The van der Waals surface area contributed by atoms with Gasteiger partial charge in [-0.1, -0.05) is 13.8 Å². The summed E-state index contributed by atoms with van der Waals surface area (Å²) in [5.74, 6) is 1.97. The van der Waals surface area contributed by atoms with Gasteiger partial charge < -0.3 is 15.1 Å². The van der Waals surface area contributed by atoms with E-state index in [-0.39, 0.29) is 29.5 Å². The molecule has 1 saturated heterocycles. The molecule has 0 radical (unpaired) electrons. The summed E-state index contributed by atoms with van der Waals surface area (Å²) in [6, 6.07) is 4.13. The van der Waals surface area contributed by atoms with Crippen molar-refractivity contribution in [1.29, 1.82) is 0 Å². The monoisotopic (exact) mass is 445 g/mol. The second kappa shape index (κ2) is 7.89. The zero-order chi connectivity index (χ0) is 17.3. The largest absolute Gasteiger partial charge is 0.363 e. The Labute approximate surface area is 163 Å². The summed E-state index contributed by atoms with van der Waals surface area (Å²) >= 11 is 0. The van der Waals surface area contributed by atoms with Gasteiger partial charge in [0.15, 0.2) is 5.96 Å². The van der Waals surface area contributed by atoms with Gasteiger partial charge in [-0.3, -0.25) is 0 Å². The van der Waals surface area contributed by atoms with E-state index in [9.17, 15) is 0 Å². The number of aliphatic imine (C=N–C) groups is 1. The van der Waals surface area contributed by atoms with Crippen LogP contribution in [0.2, 0.25) is 0 Å². The molecule has 1 aliphatic rings. The number of hydrogen-bond acceptors (Lipinski definition) is 3. The van der Waals surface area contributed by atoms with Crippen LogP contribution in [-0.2, 0) is 6.54 Å². The number of hydrogen-bond donors (Lipinski definition) is 1. The van der Waals surface area contributed by atoms with Gasteiger partial charge in [0.05, 0.1) is 6.54 Å². The molecule has 1 aliphatic heterocycles. The zero-order valence-corrected chi connectivity index (χ0v) is 18.4. The molecule has 1 fully saturated rings. The molecule has 2 rings (SSSR count). The van der Waals surface area contributed by atoms with Crippen molar-refractivity contribution in [2.24, 2.45) is 10.4 Å². The summed E-state index contributed by atoms with van der Waals surface area (Å²) in [5.41, 5.74) is 1.59. The quantitative estimate of drug-likeness (QED) is 0.439. The van der Waals surface area contributed by atoms with Gasteiger partial charge in [0.2, 0.25) is 0 Å². The van der Waals surface area contributed by atoms with Gasteiger partial charge >= 0.3 is 0 Å². The molecule has 6 heteroatoms. The van der Waals surface area contributed by atoms with E-state index in [1.807, 2.05) is 31.3 Å². The molecule has 24 heavy (non-hydrogen) atoms. The van der Waals surface area contributed by atoms with Gasteiger partial charge in [0, 0.05) is 44.3 Å². The number of rotatable bonds is 4. The van der Waals surface area contributed by atoms with Crippen molar-refractivity contribution in [1.82, 2.24) is 15.2 Å². The van der Waals surface area contributed by atoms with E-state index in [1.54, 1.807) is 0 Å². The third-order valence-electron chi connectivity index (χ3n) is 5.15. The van der Waals surface area contributed by atoms with Crippen LogP contribution < -0.4 is 10.2 Å². The van der Waals surface area contributed by atoms with Gasteiger partial charge in [-0.2, -0.15) is 0 Å². The maximum absolute atomic E-state index is 4.85. The van der Waals surface area contributed by atoms with Crippen LogP contribution in [0, 0.1) is 5.41 Å². The van der Waals surface area contributed by atoms with Crippen LogP contribution in [0.4, 0.5) is 5.82 Å². The van der Waals surface area contributed by atoms with Crippen LogP contribution >= 0.6 is 24.0 Å². The Kier molecular flexibility index (Phi) is 6.90. The summed E-state index contributed by atoms with van der Waals surface area (Å²) in [6.45, 7) is 13.9. The molecule has 2 heterocycles. The Hall–Kier alpha value is -1.05. The number of guanidine groups is 1. The van der Waals surface area contributed by atoms with E-state index < -0.39 is 0 Å². The highest BCUT2D eigenvalue weighted by molar-refractivity contribution is 14.0. The molecule has 0 atom stereocenters. The lowest BCUT2D eigenvalue weighted by Gasteiger charge is -2.62. The van der Waals surface area contributed by atoms with E-state index in [0.29, 0.717) is 12.0 Å². The van der Waals surface area contributed by atoms with Gasteiger partial charge in [-0.15, -0.1) is 24.0 Å². The van der Waals surface area contributed by atoms with E-state index in [2.05, 4.69) is 55.9 Å². The Morgan fingerprint density at radius 3 is 2.50 bits per heavy atom. The predicted octanol–water partition coefficient (Wildman–Crippen LogP) is 3.35. The number of aromatic nitrogens is 1. The van der Waals surface area contributed by atoms with Crippen molar-refractivity contribution in [2.75, 3.05) is 32.1 Å². The average Bonchev–Trinajstić information content (AvgIpc) is 2.49. The lowest BCUT2D eigenvalue weighted by atomic mass is 9.65. The number of halogens is 1. The molecule has 0 bridgehead atoms. The van der Waals surface area contributed by atoms with E-state index in [4.69, 9.17) is 4.99 Å². The first kappa shape index (κ1) is 21.0. The molecule has 1 aromatic rings. The minimum Gasteiger partial charge on any atom is -0.363 e. The second-order valence-corrected chi connectivity index (χ2v) is 7.62. The average molecular weight is 445 g/mol. The first-order valence-corrected chi connectivity index (χ1v) is 8.37. The Morgan fingerprint density at radius 1 is 1.33 bits per heavy atom. The van der Waals surface area contributed by atoms with E-state index >= 15 is 0 Å². The number of anilines is 1. The Bertz CT molecular complexity index is 581. The highest BCUT2D eigenvalue weighted by Gasteiger charge is 2.53. The number of nitrogens with zero attached hydrogens (tertiary/aromatic N) is 4. The van der Waals surface area contributed by atoms with E-state index in [0.717, 1.165) is 24.9 Å². The maximum atomic E-state index is 4.85. The van der Waals surface area contributed by atoms with Gasteiger partial charge in [0.1, 0.15) is 5.82 Å². The predicted molar refractivity (Wildman–Crippen MR) is 113 cm³/mol. The molecule has 0 unspecified atom stereocenters. The normalized spacial score (nSPS) is 18.5. The fraction of sp³-hybridized carbons (Fsp3) is 0.667. The molecule has 136 valence electrons. The maximum Gasteiger partial charge on any atom is 0.194 e. The molecule has 1 aromatic heterocycles. The molecule has 0 spiro atoms. The number of likely N-dealkylation sites (tertiary alicyclic amines) is 1. The third-order valence-corrected chi connectivity index (χ3v) is 5.15. The van der Waals surface area contributed by atoms with Crippen LogP contribution in [0.1, 0.15) is 40.2 Å². The number of pyridine rings is 1. The Balaban J connectivity index is 0.00000288. The highest BCUT2D eigenvalue weighted by Crippen LogP contribution is 2.46. The molecule has 0 aliphatic carbocycles. The summed E-state index contributed by atoms with van der Waals surface area (Å²) in [6.07, 6.45) is 1.85. The van der Waals surface area contributed by atoms with Crippen molar-refractivity contribution >= 4 is 35.8 Å². The highest BCUT2D eigenvalue weighted by atomic mass is 127. The van der Waals surface area contributed by atoms with Crippen LogP contribution in [0.15, 0.2) is 23.3 Å². The van der Waals surface area contributed by atoms with Crippen molar-refractivity contribution in [3.63, 3.8) is 0 Å². The smallest absolute Gasteiger partial charge is 0.194 e. The summed E-state index contributed by atoms with van der Waals surface area (Å²) < 4.78 is 0. The SMILES string of the molecule is CCNC(=NCc1ccnc(N(C)C)c1)N1CC(C)(C)C1(C)C.I. The summed E-state index contributed by atoms with van der Waals surface area (Å²) in [4.78, 5) is 13.6. The Morgan fingerprint density at radius 2 is 2.00 bits per heavy atom. The van der Waals surface area contributed by atoms with Crippen LogP contribution in [0.25, 0.3) is 0 Å². The first-order chi connectivity index (χ1) is 10.7. The number of nitrogens with one attached hydrogen (secondary N) is 1. The molecule has 1 N–H and O–H groups in total. The standard InChI is InChI=1S/C18H31N5.HI/c1-8-19-16(23-13-17(2,3)18(23,4)5)21-12-14-9-10-20-15(11-14)22(6)7;/h9-11H,8,12-13H2,1-7H3,(H,19,21);1H. The van der Waals surface area contributed by atoms with Crippen molar-refractivity contribution in [3.8, 4) is 0 Å². The fourth-order valence-electron chi connectivity index (χ4n) is 2.76. The van der Waals surface area contributed by atoms with Crippen molar-refractivity contribution in [2.45, 2.75) is 46.7 Å². The molecule has 5 nitrogen and oxygen atoms in total. The van der Waals surface area contributed by atoms with Crippen LogP contribution in [-0.4, -0.2) is 48.6 Å². The van der Waals surface area contributed by atoms with Crippen LogP contribution in [0.3, 0.4) is 0 Å². The second-order valence-electron chi connectivity index (χ2n) is 7.62. The van der Waals surface area contributed by atoms with Gasteiger partial charge in [-0.25, -0.2) is 9.98 Å². The summed E-state index contributed by atoms with van der Waals surface area (Å²) in [7, 11) is 4.01. The van der Waals surface area contributed by atoms with Gasteiger partial charge in [0.25, 0.3) is 0 Å². The minimum absolute atomic E-state index is 0.